The predicted octanol–water partition coefficient (Wildman–Crippen LogP) is 1.48. The molecule has 2 fully saturated rings. The summed E-state index contributed by atoms with van der Waals surface area (Å²) in [5.41, 5.74) is 0.985. The van der Waals surface area contributed by atoms with Crippen molar-refractivity contribution in [2.75, 3.05) is 18.1 Å². The Morgan fingerprint density at radius 1 is 1.14 bits per heavy atom. The molecule has 2 saturated carbocycles. The molecule has 5 nitrogen and oxygen atoms in total. The van der Waals surface area contributed by atoms with E-state index in [4.69, 9.17) is 0 Å². The van der Waals surface area contributed by atoms with Crippen LogP contribution in [0.1, 0.15) is 32.1 Å². The first-order valence-corrected chi connectivity index (χ1v) is 9.08. The molecule has 0 spiro atoms. The van der Waals surface area contributed by atoms with Gasteiger partial charge in [-0.15, -0.1) is 0 Å². The smallest absolute Gasteiger partial charge is 0.240 e. The maximum absolute atomic E-state index is 12.1. The molecule has 0 heterocycles. The Balaban J connectivity index is 1.75. The highest BCUT2D eigenvalue weighted by Gasteiger charge is 2.28. The number of sulfonamides is 1. The molecule has 1 aromatic rings. The molecule has 3 rings (SSSR count). The van der Waals surface area contributed by atoms with Gasteiger partial charge in [0.1, 0.15) is 0 Å². The van der Waals surface area contributed by atoms with Crippen LogP contribution < -0.4 is 9.62 Å². The van der Waals surface area contributed by atoms with E-state index in [9.17, 15) is 13.5 Å². The van der Waals surface area contributed by atoms with E-state index in [0.717, 1.165) is 31.4 Å². The Morgan fingerprint density at radius 3 is 2.29 bits per heavy atom. The molecule has 0 bridgehead atoms. The van der Waals surface area contributed by atoms with Crippen molar-refractivity contribution < 1.29 is 13.5 Å². The minimum Gasteiger partial charge on any atom is -0.395 e. The normalized spacial score (nSPS) is 19.3. The van der Waals surface area contributed by atoms with Crippen LogP contribution in [0.4, 0.5) is 5.69 Å². The Labute approximate surface area is 126 Å². The van der Waals surface area contributed by atoms with Gasteiger partial charge >= 0.3 is 0 Å². The topological polar surface area (TPSA) is 69.6 Å². The van der Waals surface area contributed by atoms with Gasteiger partial charge in [-0.05, 0) is 56.4 Å². The van der Waals surface area contributed by atoms with Gasteiger partial charge in [0.15, 0.2) is 0 Å². The van der Waals surface area contributed by atoms with Crippen LogP contribution in [-0.2, 0) is 10.0 Å². The van der Waals surface area contributed by atoms with Gasteiger partial charge in [-0.2, -0.15) is 0 Å². The summed E-state index contributed by atoms with van der Waals surface area (Å²) in [6.07, 6.45) is 5.38. The zero-order chi connectivity index (χ0) is 14.9. The minimum atomic E-state index is -3.38. The van der Waals surface area contributed by atoms with Crippen molar-refractivity contribution >= 4 is 15.7 Å². The predicted molar refractivity (Wildman–Crippen MR) is 81.9 cm³/mol. The quantitative estimate of drug-likeness (QED) is 0.800. The molecule has 21 heavy (non-hydrogen) atoms. The van der Waals surface area contributed by atoms with E-state index in [1.54, 1.807) is 12.1 Å². The lowest BCUT2D eigenvalue weighted by Crippen LogP contribution is -2.41. The summed E-state index contributed by atoms with van der Waals surface area (Å²) in [4.78, 5) is 2.49. The average Bonchev–Trinajstić information content (AvgIpc) is 3.20. The number of nitrogens with one attached hydrogen (secondary N) is 1. The third-order valence-corrected chi connectivity index (χ3v) is 5.77. The van der Waals surface area contributed by atoms with E-state index >= 15 is 0 Å². The number of aliphatic hydroxyl groups excluding tert-OH is 1. The van der Waals surface area contributed by atoms with Crippen molar-refractivity contribution in [3.63, 3.8) is 0 Å². The zero-order valence-corrected chi connectivity index (χ0v) is 12.8. The molecule has 6 heteroatoms. The van der Waals surface area contributed by atoms with Crippen LogP contribution >= 0.6 is 0 Å². The highest BCUT2D eigenvalue weighted by atomic mass is 32.2. The van der Waals surface area contributed by atoms with Gasteiger partial charge in [0, 0.05) is 24.3 Å². The first-order valence-electron chi connectivity index (χ1n) is 7.60. The van der Waals surface area contributed by atoms with Gasteiger partial charge in [0.05, 0.1) is 11.5 Å². The molecule has 0 saturated heterocycles. The van der Waals surface area contributed by atoms with Gasteiger partial charge < -0.3 is 10.0 Å². The molecule has 0 radical (unpaired) electrons. The van der Waals surface area contributed by atoms with E-state index < -0.39 is 10.0 Å². The maximum Gasteiger partial charge on any atom is 0.240 e. The molecule has 0 atom stereocenters. The van der Waals surface area contributed by atoms with Gasteiger partial charge in [0.2, 0.25) is 10.0 Å². The highest BCUT2D eigenvalue weighted by Crippen LogP contribution is 2.30. The fourth-order valence-corrected chi connectivity index (χ4v) is 3.94. The average molecular weight is 310 g/mol. The van der Waals surface area contributed by atoms with E-state index in [2.05, 4.69) is 9.62 Å². The maximum atomic E-state index is 12.1. The highest BCUT2D eigenvalue weighted by molar-refractivity contribution is 7.89. The second-order valence-electron chi connectivity index (χ2n) is 5.89. The number of nitrogens with zero attached hydrogens (tertiary/aromatic N) is 1. The molecular formula is C15H22N2O3S. The summed E-state index contributed by atoms with van der Waals surface area (Å²) in [5.74, 6) is 0. The van der Waals surface area contributed by atoms with Crippen LogP contribution in [0.2, 0.25) is 0 Å². The molecule has 116 valence electrons. The number of rotatable bonds is 7. The summed E-state index contributed by atoms with van der Waals surface area (Å²) in [5, 5.41) is 9.21. The van der Waals surface area contributed by atoms with Crippen molar-refractivity contribution in [2.45, 2.75) is 49.1 Å². The Morgan fingerprint density at radius 2 is 1.81 bits per heavy atom. The third-order valence-electron chi connectivity index (χ3n) is 4.23. The third kappa shape index (κ3) is 3.39. The zero-order valence-electron chi connectivity index (χ0n) is 12.0. The van der Waals surface area contributed by atoms with E-state index in [1.807, 2.05) is 12.1 Å². The molecule has 0 amide bonds. The van der Waals surface area contributed by atoms with Crippen molar-refractivity contribution in [2.24, 2.45) is 0 Å². The van der Waals surface area contributed by atoms with Crippen molar-refractivity contribution in [3.8, 4) is 0 Å². The monoisotopic (exact) mass is 310 g/mol. The molecular weight excluding hydrogens is 288 g/mol. The molecule has 2 aliphatic rings. The molecule has 2 aliphatic carbocycles. The first-order chi connectivity index (χ1) is 10.1. The summed E-state index contributed by atoms with van der Waals surface area (Å²) in [7, 11) is -3.38. The van der Waals surface area contributed by atoms with Crippen molar-refractivity contribution in [1.82, 2.24) is 4.72 Å². The summed E-state index contributed by atoms with van der Waals surface area (Å²) in [6.45, 7) is 0.705. The van der Waals surface area contributed by atoms with E-state index in [-0.39, 0.29) is 12.6 Å². The molecule has 2 N–H and O–H groups in total. The van der Waals surface area contributed by atoms with Crippen LogP contribution in [0.3, 0.4) is 0 Å². The standard InChI is InChI=1S/C15H22N2O3S/c18-11-10-17(13-2-1-3-13)14-6-8-15(9-7-14)21(19,20)16-12-4-5-12/h6-9,12-13,16,18H,1-5,10-11H2. The summed E-state index contributed by atoms with van der Waals surface area (Å²) >= 11 is 0. The minimum absolute atomic E-state index is 0.111. The van der Waals surface area contributed by atoms with E-state index in [0.29, 0.717) is 17.5 Å². The number of hydrogen-bond acceptors (Lipinski definition) is 4. The number of aliphatic hydroxyl groups is 1. The number of hydrogen-bond donors (Lipinski definition) is 2. The van der Waals surface area contributed by atoms with Crippen LogP contribution in [0.5, 0.6) is 0 Å². The molecule has 0 unspecified atom stereocenters. The molecule has 0 aromatic heterocycles. The lowest BCUT2D eigenvalue weighted by Gasteiger charge is -2.39. The second kappa shape index (κ2) is 5.94. The summed E-state index contributed by atoms with van der Waals surface area (Å²) < 4.78 is 26.9. The largest absolute Gasteiger partial charge is 0.395 e. The van der Waals surface area contributed by atoms with Gasteiger partial charge in [-0.25, -0.2) is 13.1 Å². The first kappa shape index (κ1) is 14.8. The van der Waals surface area contributed by atoms with Crippen molar-refractivity contribution in [1.29, 1.82) is 0 Å². The molecule has 1 aromatic carbocycles. The Hall–Kier alpha value is -1.11. The van der Waals surface area contributed by atoms with Crippen LogP contribution in [-0.4, -0.2) is 38.8 Å². The van der Waals surface area contributed by atoms with Crippen LogP contribution in [0.15, 0.2) is 29.2 Å². The lowest BCUT2D eigenvalue weighted by atomic mass is 9.91. The van der Waals surface area contributed by atoms with Crippen LogP contribution in [0, 0.1) is 0 Å². The molecule has 0 aliphatic heterocycles. The lowest BCUT2D eigenvalue weighted by molar-refractivity contribution is 0.283. The number of benzene rings is 1. The fourth-order valence-electron chi connectivity index (χ4n) is 2.63. The number of anilines is 1. The van der Waals surface area contributed by atoms with Crippen molar-refractivity contribution in [3.05, 3.63) is 24.3 Å². The second-order valence-corrected chi connectivity index (χ2v) is 7.61. The van der Waals surface area contributed by atoms with Crippen LogP contribution in [0.25, 0.3) is 0 Å². The van der Waals surface area contributed by atoms with Gasteiger partial charge in [0.25, 0.3) is 0 Å². The van der Waals surface area contributed by atoms with Gasteiger partial charge in [-0.3, -0.25) is 0 Å². The fraction of sp³-hybridized carbons (Fsp3) is 0.600. The Kier molecular flexibility index (Phi) is 4.19. The SMILES string of the molecule is O=S(=O)(NC1CC1)c1ccc(N(CCO)C2CCC2)cc1. The van der Waals surface area contributed by atoms with E-state index in [1.165, 1.54) is 6.42 Å². The van der Waals surface area contributed by atoms with Gasteiger partial charge in [-0.1, -0.05) is 0 Å². The Bertz CT molecular complexity index is 577. The summed E-state index contributed by atoms with van der Waals surface area (Å²) in [6, 6.07) is 7.59.